The fraction of sp³-hybridized carbons (Fsp3) is 0.188. The van der Waals surface area contributed by atoms with Crippen molar-refractivity contribution in [3.63, 3.8) is 0 Å². The fourth-order valence-electron chi connectivity index (χ4n) is 2.21. The second-order valence-electron chi connectivity index (χ2n) is 4.57. The molecular weight excluding hydrogens is 339 g/mol. The third-order valence-electron chi connectivity index (χ3n) is 3.25. The van der Waals surface area contributed by atoms with Crippen molar-refractivity contribution >= 4 is 21.9 Å². The molecule has 1 atom stereocenters. The highest BCUT2D eigenvalue weighted by Gasteiger charge is 2.24. The van der Waals surface area contributed by atoms with E-state index in [2.05, 4.69) is 15.9 Å². The molecule has 0 bridgehead atoms. The van der Waals surface area contributed by atoms with Crippen LogP contribution in [0.4, 0.5) is 4.39 Å². The molecule has 21 heavy (non-hydrogen) atoms. The Hall–Kier alpha value is -1.88. The van der Waals surface area contributed by atoms with E-state index in [4.69, 9.17) is 4.74 Å². The summed E-state index contributed by atoms with van der Waals surface area (Å²) in [6.07, 6.45) is 0.152. The summed E-state index contributed by atoms with van der Waals surface area (Å²) in [7, 11) is 1.52. The number of carboxylic acids is 1. The fourth-order valence-corrected chi connectivity index (χ4v) is 2.62. The number of rotatable bonds is 5. The number of hydrogen-bond donors (Lipinski definition) is 1. The van der Waals surface area contributed by atoms with Crippen molar-refractivity contribution in [1.82, 2.24) is 0 Å². The van der Waals surface area contributed by atoms with Gasteiger partial charge in [-0.15, -0.1) is 0 Å². The van der Waals surface area contributed by atoms with Crippen LogP contribution in [0.5, 0.6) is 5.75 Å². The van der Waals surface area contributed by atoms with Gasteiger partial charge in [-0.25, -0.2) is 4.39 Å². The Balaban J connectivity index is 2.40. The molecule has 0 fully saturated rings. The largest absolute Gasteiger partial charge is 0.496 e. The lowest BCUT2D eigenvalue weighted by Crippen LogP contribution is -2.16. The van der Waals surface area contributed by atoms with Gasteiger partial charge in [0.2, 0.25) is 0 Å². The lowest BCUT2D eigenvalue weighted by molar-refractivity contribution is -0.138. The van der Waals surface area contributed by atoms with E-state index >= 15 is 0 Å². The molecule has 0 heterocycles. The van der Waals surface area contributed by atoms with Gasteiger partial charge in [-0.05, 0) is 36.2 Å². The number of carboxylic acid groups (broad SMARTS) is 1. The molecule has 110 valence electrons. The van der Waals surface area contributed by atoms with Crippen molar-refractivity contribution in [2.45, 2.75) is 12.3 Å². The molecule has 3 nitrogen and oxygen atoms in total. The summed E-state index contributed by atoms with van der Waals surface area (Å²) in [6.45, 7) is 0. The minimum Gasteiger partial charge on any atom is -0.496 e. The Labute approximate surface area is 130 Å². The Morgan fingerprint density at radius 2 is 2.05 bits per heavy atom. The van der Waals surface area contributed by atoms with E-state index in [0.717, 1.165) is 4.47 Å². The van der Waals surface area contributed by atoms with Crippen LogP contribution in [0.2, 0.25) is 0 Å². The number of halogens is 2. The van der Waals surface area contributed by atoms with Crippen LogP contribution in [0.3, 0.4) is 0 Å². The van der Waals surface area contributed by atoms with Gasteiger partial charge in [0.1, 0.15) is 11.6 Å². The highest BCUT2D eigenvalue weighted by Crippen LogP contribution is 2.30. The minimum absolute atomic E-state index is 0.152. The highest BCUT2D eigenvalue weighted by molar-refractivity contribution is 9.10. The summed E-state index contributed by atoms with van der Waals surface area (Å²) in [4.78, 5) is 11.5. The van der Waals surface area contributed by atoms with Crippen molar-refractivity contribution in [2.75, 3.05) is 7.11 Å². The van der Waals surface area contributed by atoms with Crippen LogP contribution < -0.4 is 4.74 Å². The van der Waals surface area contributed by atoms with E-state index in [1.807, 2.05) is 0 Å². The Morgan fingerprint density at radius 1 is 1.33 bits per heavy atom. The molecule has 0 saturated heterocycles. The normalized spacial score (nSPS) is 12.0. The topological polar surface area (TPSA) is 46.5 Å². The standard InChI is InChI=1S/C16H14BrFO3/c1-21-15-7-6-11(17)8-10(15)9-13(16(19)20)12-4-2-3-5-14(12)18/h2-8,13H,9H2,1H3,(H,19,20). The molecule has 0 aliphatic heterocycles. The first kappa shape index (κ1) is 15.5. The molecule has 2 aromatic rings. The third kappa shape index (κ3) is 3.61. The molecule has 0 amide bonds. The van der Waals surface area contributed by atoms with Crippen LogP contribution in [0, 0.1) is 5.82 Å². The maximum atomic E-state index is 13.9. The summed E-state index contributed by atoms with van der Waals surface area (Å²) < 4.78 is 19.9. The molecule has 0 saturated carbocycles. The number of hydrogen-bond acceptors (Lipinski definition) is 2. The number of carbonyl (C=O) groups is 1. The van der Waals surface area contributed by atoms with Gasteiger partial charge in [0.05, 0.1) is 13.0 Å². The van der Waals surface area contributed by atoms with Gasteiger partial charge in [0.25, 0.3) is 0 Å². The van der Waals surface area contributed by atoms with Gasteiger partial charge in [-0.1, -0.05) is 34.1 Å². The summed E-state index contributed by atoms with van der Waals surface area (Å²) in [5.74, 6) is -1.96. The maximum absolute atomic E-state index is 13.9. The number of benzene rings is 2. The van der Waals surface area contributed by atoms with Crippen molar-refractivity contribution in [3.05, 3.63) is 63.9 Å². The molecule has 0 aliphatic rings. The van der Waals surface area contributed by atoms with Crippen LogP contribution in [0.15, 0.2) is 46.9 Å². The van der Waals surface area contributed by atoms with E-state index in [9.17, 15) is 14.3 Å². The quantitative estimate of drug-likeness (QED) is 0.884. The van der Waals surface area contributed by atoms with Crippen LogP contribution in [-0.4, -0.2) is 18.2 Å². The van der Waals surface area contributed by atoms with Gasteiger partial charge in [-0.3, -0.25) is 4.79 Å². The molecule has 0 spiro atoms. The highest BCUT2D eigenvalue weighted by atomic mass is 79.9. The van der Waals surface area contributed by atoms with Gasteiger partial charge < -0.3 is 9.84 Å². The zero-order valence-corrected chi connectivity index (χ0v) is 12.9. The Kier molecular flexibility index (Phi) is 4.96. The molecule has 0 aliphatic carbocycles. The molecule has 5 heteroatoms. The molecule has 2 rings (SSSR count). The first-order valence-electron chi connectivity index (χ1n) is 6.32. The van der Waals surface area contributed by atoms with E-state index in [-0.39, 0.29) is 12.0 Å². The Morgan fingerprint density at radius 3 is 2.67 bits per heavy atom. The van der Waals surface area contributed by atoms with Gasteiger partial charge in [-0.2, -0.15) is 0 Å². The zero-order valence-electron chi connectivity index (χ0n) is 11.3. The SMILES string of the molecule is COc1ccc(Br)cc1CC(C(=O)O)c1ccccc1F. The lowest BCUT2D eigenvalue weighted by Gasteiger charge is -2.16. The molecular formula is C16H14BrFO3. The predicted octanol–water partition coefficient (Wildman–Crippen LogP) is 4.01. The monoisotopic (exact) mass is 352 g/mol. The first-order valence-corrected chi connectivity index (χ1v) is 7.12. The third-order valence-corrected chi connectivity index (χ3v) is 3.74. The van der Waals surface area contributed by atoms with Gasteiger partial charge in [0.15, 0.2) is 0 Å². The summed E-state index contributed by atoms with van der Waals surface area (Å²) >= 11 is 3.35. The number of methoxy groups -OCH3 is 1. The molecule has 0 aromatic heterocycles. The van der Waals surface area contributed by atoms with Crippen molar-refractivity contribution in [2.24, 2.45) is 0 Å². The minimum atomic E-state index is -1.07. The summed E-state index contributed by atoms with van der Waals surface area (Å²) in [5, 5.41) is 9.43. The lowest BCUT2D eigenvalue weighted by atomic mass is 9.91. The van der Waals surface area contributed by atoms with E-state index in [1.54, 1.807) is 24.3 Å². The van der Waals surface area contributed by atoms with Crippen LogP contribution in [0.25, 0.3) is 0 Å². The smallest absolute Gasteiger partial charge is 0.311 e. The average molecular weight is 353 g/mol. The maximum Gasteiger partial charge on any atom is 0.311 e. The van der Waals surface area contributed by atoms with E-state index in [0.29, 0.717) is 11.3 Å². The van der Waals surface area contributed by atoms with Gasteiger partial charge in [0, 0.05) is 10.0 Å². The van der Waals surface area contributed by atoms with Crippen molar-refractivity contribution < 1.29 is 19.0 Å². The number of aliphatic carboxylic acids is 1. The van der Waals surface area contributed by atoms with Gasteiger partial charge >= 0.3 is 5.97 Å². The summed E-state index contributed by atoms with van der Waals surface area (Å²) in [6, 6.07) is 11.3. The van der Waals surface area contributed by atoms with E-state index < -0.39 is 17.7 Å². The van der Waals surface area contributed by atoms with Crippen molar-refractivity contribution in [1.29, 1.82) is 0 Å². The molecule has 1 unspecified atom stereocenters. The van der Waals surface area contributed by atoms with Crippen LogP contribution >= 0.6 is 15.9 Å². The second-order valence-corrected chi connectivity index (χ2v) is 5.49. The second kappa shape index (κ2) is 6.72. The number of ether oxygens (including phenoxy) is 1. The summed E-state index contributed by atoms with van der Waals surface area (Å²) in [5.41, 5.74) is 0.884. The van der Waals surface area contributed by atoms with Crippen LogP contribution in [-0.2, 0) is 11.2 Å². The van der Waals surface area contributed by atoms with E-state index in [1.165, 1.54) is 25.3 Å². The average Bonchev–Trinajstić information content (AvgIpc) is 2.45. The zero-order chi connectivity index (χ0) is 15.4. The molecule has 1 N–H and O–H groups in total. The van der Waals surface area contributed by atoms with Crippen molar-refractivity contribution in [3.8, 4) is 5.75 Å². The predicted molar refractivity (Wildman–Crippen MR) is 81.2 cm³/mol. The molecule has 0 radical (unpaired) electrons. The molecule has 2 aromatic carbocycles. The van der Waals surface area contributed by atoms with Crippen LogP contribution in [0.1, 0.15) is 17.0 Å². The Bertz CT molecular complexity index is 658. The first-order chi connectivity index (χ1) is 10.0.